The lowest BCUT2D eigenvalue weighted by Gasteiger charge is -2.21. The van der Waals surface area contributed by atoms with E-state index in [0.717, 1.165) is 27.9 Å². The summed E-state index contributed by atoms with van der Waals surface area (Å²) in [6, 6.07) is 0. The summed E-state index contributed by atoms with van der Waals surface area (Å²) in [6.07, 6.45) is 2.77. The molecular weight excluding hydrogens is 260 g/mol. The van der Waals surface area contributed by atoms with Gasteiger partial charge in [-0.2, -0.15) is 0 Å². The standard InChI is InChI=1S/C11H15ClN2S2/c1-9(11-13-6-8-16-11)14(3)10(2)15-7-4-5-12/h6,8H,1-2,4-5,7H2,3H3. The smallest absolute Gasteiger partial charge is 0.139 e. The second kappa shape index (κ2) is 6.99. The summed E-state index contributed by atoms with van der Waals surface area (Å²) in [5, 5.41) is 3.85. The van der Waals surface area contributed by atoms with Crippen LogP contribution >= 0.6 is 34.7 Å². The van der Waals surface area contributed by atoms with E-state index in [1.807, 2.05) is 17.3 Å². The van der Waals surface area contributed by atoms with Crippen molar-refractivity contribution in [2.45, 2.75) is 6.42 Å². The summed E-state index contributed by atoms with van der Waals surface area (Å²) in [5.74, 6) is 1.68. The number of hydrogen-bond donors (Lipinski definition) is 0. The Bertz CT molecular complexity index is 349. The molecule has 0 aliphatic heterocycles. The van der Waals surface area contributed by atoms with Gasteiger partial charge in [0.1, 0.15) is 5.01 Å². The first-order valence-corrected chi connectivity index (χ1v) is 7.27. The molecule has 0 atom stereocenters. The van der Waals surface area contributed by atoms with E-state index >= 15 is 0 Å². The number of thiazole rings is 1. The fourth-order valence-electron chi connectivity index (χ4n) is 1.00. The molecule has 1 rings (SSSR count). The summed E-state index contributed by atoms with van der Waals surface area (Å²) in [7, 11) is 1.96. The zero-order valence-corrected chi connectivity index (χ0v) is 11.7. The lowest BCUT2D eigenvalue weighted by Crippen LogP contribution is -2.13. The minimum Gasteiger partial charge on any atom is -0.338 e. The van der Waals surface area contributed by atoms with Crippen molar-refractivity contribution in [3.8, 4) is 0 Å². The van der Waals surface area contributed by atoms with Gasteiger partial charge in [-0.25, -0.2) is 4.98 Å². The summed E-state index contributed by atoms with van der Waals surface area (Å²) in [4.78, 5) is 6.19. The molecule has 0 aliphatic rings. The number of alkyl halides is 1. The van der Waals surface area contributed by atoms with Crippen molar-refractivity contribution >= 4 is 40.4 Å². The Morgan fingerprint density at radius 1 is 1.62 bits per heavy atom. The third-order valence-electron chi connectivity index (χ3n) is 2.00. The summed E-state index contributed by atoms with van der Waals surface area (Å²) >= 11 is 8.90. The largest absolute Gasteiger partial charge is 0.338 e. The molecule has 0 fully saturated rings. The molecule has 88 valence electrons. The van der Waals surface area contributed by atoms with E-state index in [2.05, 4.69) is 18.1 Å². The fourth-order valence-corrected chi connectivity index (χ4v) is 2.77. The van der Waals surface area contributed by atoms with Crippen LogP contribution < -0.4 is 0 Å². The summed E-state index contributed by atoms with van der Waals surface area (Å²) < 4.78 is 0. The first kappa shape index (κ1) is 13.6. The molecule has 0 aromatic carbocycles. The number of thioether (sulfide) groups is 1. The maximum atomic E-state index is 5.63. The molecule has 16 heavy (non-hydrogen) atoms. The molecule has 0 bridgehead atoms. The van der Waals surface area contributed by atoms with Gasteiger partial charge in [0, 0.05) is 30.3 Å². The Hall–Kier alpha value is -0.450. The van der Waals surface area contributed by atoms with Crippen LogP contribution in [0.5, 0.6) is 0 Å². The molecule has 0 amide bonds. The van der Waals surface area contributed by atoms with E-state index in [0.29, 0.717) is 5.88 Å². The first-order chi connectivity index (χ1) is 7.66. The molecular formula is C11H15ClN2S2. The van der Waals surface area contributed by atoms with Gasteiger partial charge in [0.05, 0.1) is 10.7 Å². The van der Waals surface area contributed by atoms with Gasteiger partial charge >= 0.3 is 0 Å². The Balaban J connectivity index is 2.47. The zero-order valence-electron chi connectivity index (χ0n) is 9.28. The van der Waals surface area contributed by atoms with Crippen LogP contribution in [-0.2, 0) is 0 Å². The van der Waals surface area contributed by atoms with Crippen LogP contribution in [0.4, 0.5) is 0 Å². The van der Waals surface area contributed by atoms with Gasteiger partial charge < -0.3 is 4.90 Å². The van der Waals surface area contributed by atoms with E-state index in [1.54, 1.807) is 29.3 Å². The van der Waals surface area contributed by atoms with Crippen molar-refractivity contribution in [2.24, 2.45) is 0 Å². The number of rotatable bonds is 7. The fraction of sp³-hybridized carbons (Fsp3) is 0.364. The van der Waals surface area contributed by atoms with E-state index in [9.17, 15) is 0 Å². The van der Waals surface area contributed by atoms with Crippen LogP contribution in [-0.4, -0.2) is 28.6 Å². The van der Waals surface area contributed by atoms with E-state index in [1.165, 1.54) is 0 Å². The average molecular weight is 275 g/mol. The molecule has 1 heterocycles. The Morgan fingerprint density at radius 3 is 2.94 bits per heavy atom. The maximum absolute atomic E-state index is 5.63. The number of hydrogen-bond acceptors (Lipinski definition) is 4. The lowest BCUT2D eigenvalue weighted by atomic mass is 10.4. The van der Waals surface area contributed by atoms with Crippen molar-refractivity contribution in [3.05, 3.63) is 34.8 Å². The molecule has 5 heteroatoms. The highest BCUT2D eigenvalue weighted by atomic mass is 35.5. The zero-order chi connectivity index (χ0) is 12.0. The van der Waals surface area contributed by atoms with Crippen LogP contribution in [0.25, 0.3) is 5.70 Å². The number of aromatic nitrogens is 1. The molecule has 1 aromatic rings. The second-order valence-electron chi connectivity index (χ2n) is 3.13. The lowest BCUT2D eigenvalue weighted by molar-refractivity contribution is 0.643. The minimum atomic E-state index is 0.692. The molecule has 0 aliphatic carbocycles. The highest BCUT2D eigenvalue weighted by Gasteiger charge is 2.10. The van der Waals surface area contributed by atoms with Crippen molar-refractivity contribution in [3.63, 3.8) is 0 Å². The van der Waals surface area contributed by atoms with Crippen molar-refractivity contribution in [1.82, 2.24) is 9.88 Å². The molecule has 0 N–H and O–H groups in total. The second-order valence-corrected chi connectivity index (χ2v) is 5.57. The van der Waals surface area contributed by atoms with Crippen molar-refractivity contribution in [1.29, 1.82) is 0 Å². The van der Waals surface area contributed by atoms with Gasteiger partial charge in [0.15, 0.2) is 0 Å². The quantitative estimate of drug-likeness (QED) is 0.555. The predicted octanol–water partition coefficient (Wildman–Crippen LogP) is 3.88. The number of nitrogens with zero attached hydrogens (tertiary/aromatic N) is 2. The minimum absolute atomic E-state index is 0.692. The Morgan fingerprint density at radius 2 is 2.38 bits per heavy atom. The third kappa shape index (κ3) is 3.85. The Kier molecular flexibility index (Phi) is 5.95. The van der Waals surface area contributed by atoms with E-state index in [4.69, 9.17) is 11.6 Å². The molecule has 0 saturated heterocycles. The van der Waals surface area contributed by atoms with E-state index in [-0.39, 0.29) is 0 Å². The van der Waals surface area contributed by atoms with E-state index < -0.39 is 0 Å². The Labute approximate surface area is 110 Å². The highest BCUT2D eigenvalue weighted by Crippen LogP contribution is 2.26. The van der Waals surface area contributed by atoms with Gasteiger partial charge in [-0.15, -0.1) is 34.7 Å². The monoisotopic (exact) mass is 274 g/mol. The third-order valence-corrected chi connectivity index (χ3v) is 4.19. The molecule has 2 nitrogen and oxygen atoms in total. The van der Waals surface area contributed by atoms with Gasteiger partial charge in [-0.05, 0) is 6.42 Å². The summed E-state index contributed by atoms with van der Waals surface area (Å²) in [5.41, 5.74) is 0.887. The first-order valence-electron chi connectivity index (χ1n) is 4.87. The maximum Gasteiger partial charge on any atom is 0.139 e. The van der Waals surface area contributed by atoms with Crippen LogP contribution in [0.1, 0.15) is 11.4 Å². The highest BCUT2D eigenvalue weighted by molar-refractivity contribution is 8.02. The van der Waals surface area contributed by atoms with Gasteiger partial charge in [0.2, 0.25) is 0 Å². The molecule has 0 radical (unpaired) electrons. The van der Waals surface area contributed by atoms with Gasteiger partial charge in [-0.3, -0.25) is 0 Å². The van der Waals surface area contributed by atoms with Crippen LogP contribution in [0.3, 0.4) is 0 Å². The van der Waals surface area contributed by atoms with Crippen molar-refractivity contribution < 1.29 is 0 Å². The molecule has 0 saturated carbocycles. The normalized spacial score (nSPS) is 10.1. The average Bonchev–Trinajstić information content (AvgIpc) is 2.80. The molecule has 1 aromatic heterocycles. The SMILES string of the molecule is C=C(SCCCCl)N(C)C(=C)c1nccs1. The van der Waals surface area contributed by atoms with Gasteiger partial charge in [-0.1, -0.05) is 13.2 Å². The topological polar surface area (TPSA) is 16.1 Å². The molecule has 0 spiro atoms. The van der Waals surface area contributed by atoms with Crippen LogP contribution in [0.15, 0.2) is 29.8 Å². The van der Waals surface area contributed by atoms with Crippen LogP contribution in [0, 0.1) is 0 Å². The van der Waals surface area contributed by atoms with Gasteiger partial charge in [0.25, 0.3) is 0 Å². The van der Waals surface area contributed by atoms with Crippen LogP contribution in [0.2, 0.25) is 0 Å². The predicted molar refractivity (Wildman–Crippen MR) is 75.8 cm³/mol. The van der Waals surface area contributed by atoms with Crippen molar-refractivity contribution in [2.75, 3.05) is 18.7 Å². The molecule has 0 unspecified atom stereocenters. The number of halogens is 1. The summed E-state index contributed by atoms with van der Waals surface area (Å²) in [6.45, 7) is 8.04.